The van der Waals surface area contributed by atoms with Gasteiger partial charge in [-0.25, -0.2) is 4.68 Å². The van der Waals surface area contributed by atoms with Gasteiger partial charge in [0, 0.05) is 29.5 Å². The van der Waals surface area contributed by atoms with Crippen LogP contribution >= 0.6 is 23.4 Å². The molecule has 15 heavy (non-hydrogen) atoms. The smallest absolute Gasteiger partial charge is 0.137 e. The van der Waals surface area contributed by atoms with Crippen LogP contribution < -0.4 is 0 Å². The van der Waals surface area contributed by atoms with Crippen molar-refractivity contribution in [3.05, 3.63) is 40.9 Å². The van der Waals surface area contributed by atoms with Crippen molar-refractivity contribution in [1.82, 2.24) is 14.8 Å². The lowest BCUT2D eigenvalue weighted by Gasteiger charge is -2.02. The van der Waals surface area contributed by atoms with Gasteiger partial charge in [0.15, 0.2) is 0 Å². The molecular weight excluding hydrogens is 230 g/mol. The third-order valence-electron chi connectivity index (χ3n) is 2.40. The van der Waals surface area contributed by atoms with E-state index in [1.54, 1.807) is 17.1 Å². The van der Waals surface area contributed by atoms with Gasteiger partial charge in [0.1, 0.15) is 5.15 Å². The fourth-order valence-electron chi connectivity index (χ4n) is 1.64. The van der Waals surface area contributed by atoms with Crippen LogP contribution in [0.15, 0.2) is 24.5 Å². The number of rotatable bonds is 1. The molecule has 0 aromatic carbocycles. The number of pyridine rings is 1. The van der Waals surface area contributed by atoms with Gasteiger partial charge in [0.25, 0.3) is 0 Å². The van der Waals surface area contributed by atoms with Gasteiger partial charge < -0.3 is 0 Å². The van der Waals surface area contributed by atoms with Gasteiger partial charge in [-0.05, 0) is 12.1 Å². The Morgan fingerprint density at radius 1 is 1.27 bits per heavy atom. The van der Waals surface area contributed by atoms with Crippen LogP contribution in [0.3, 0.4) is 0 Å². The quantitative estimate of drug-likeness (QED) is 0.764. The molecule has 1 aliphatic rings. The van der Waals surface area contributed by atoms with E-state index >= 15 is 0 Å². The molecule has 0 amide bonds. The van der Waals surface area contributed by atoms with Crippen molar-refractivity contribution in [2.24, 2.45) is 0 Å². The van der Waals surface area contributed by atoms with E-state index in [4.69, 9.17) is 11.6 Å². The predicted molar refractivity (Wildman–Crippen MR) is 61.4 cm³/mol. The lowest BCUT2D eigenvalue weighted by Crippen LogP contribution is -1.97. The highest BCUT2D eigenvalue weighted by molar-refractivity contribution is 7.98. The summed E-state index contributed by atoms with van der Waals surface area (Å²) < 4.78 is 1.79. The van der Waals surface area contributed by atoms with Gasteiger partial charge in [0.2, 0.25) is 0 Å². The molecule has 0 spiro atoms. The zero-order chi connectivity index (χ0) is 10.3. The zero-order valence-corrected chi connectivity index (χ0v) is 9.42. The van der Waals surface area contributed by atoms with E-state index in [2.05, 4.69) is 10.1 Å². The molecule has 0 saturated carbocycles. The Balaban J connectivity index is 2.14. The monoisotopic (exact) mass is 237 g/mol. The second-order valence-corrected chi connectivity index (χ2v) is 4.67. The average Bonchev–Trinajstić information content (AvgIpc) is 2.83. The van der Waals surface area contributed by atoms with Crippen molar-refractivity contribution in [3.63, 3.8) is 0 Å². The summed E-state index contributed by atoms with van der Waals surface area (Å²) >= 11 is 8.13. The number of aromatic nitrogens is 3. The van der Waals surface area contributed by atoms with E-state index in [1.807, 2.05) is 23.9 Å². The van der Waals surface area contributed by atoms with Gasteiger partial charge in [-0.1, -0.05) is 11.6 Å². The van der Waals surface area contributed by atoms with E-state index in [-0.39, 0.29) is 0 Å². The minimum absolute atomic E-state index is 0.737. The van der Waals surface area contributed by atoms with Crippen LogP contribution in [0.4, 0.5) is 0 Å². The van der Waals surface area contributed by atoms with Crippen LogP contribution in [0, 0.1) is 0 Å². The molecule has 0 unspecified atom stereocenters. The second-order valence-electron chi connectivity index (χ2n) is 3.33. The van der Waals surface area contributed by atoms with Crippen molar-refractivity contribution >= 4 is 23.4 Å². The molecule has 0 saturated heterocycles. The summed E-state index contributed by atoms with van der Waals surface area (Å²) in [7, 11) is 0. The summed E-state index contributed by atoms with van der Waals surface area (Å²) in [5, 5.41) is 5.23. The van der Waals surface area contributed by atoms with E-state index < -0.39 is 0 Å². The fraction of sp³-hybridized carbons (Fsp3) is 0.200. The Morgan fingerprint density at radius 2 is 2.07 bits per heavy atom. The Hall–Kier alpha value is -1.00. The number of halogens is 1. The van der Waals surface area contributed by atoms with Crippen molar-refractivity contribution in [2.75, 3.05) is 0 Å². The van der Waals surface area contributed by atoms with Gasteiger partial charge in [0.05, 0.1) is 11.4 Å². The molecule has 3 rings (SSSR count). The predicted octanol–water partition coefficient (Wildman–Crippen LogP) is 2.67. The first-order chi connectivity index (χ1) is 7.36. The Bertz CT molecular complexity index is 495. The molecule has 0 atom stereocenters. The minimum atomic E-state index is 0.737. The largest absolute Gasteiger partial charge is 0.265 e. The van der Waals surface area contributed by atoms with Crippen molar-refractivity contribution in [3.8, 4) is 5.69 Å². The summed E-state index contributed by atoms with van der Waals surface area (Å²) in [6.07, 6.45) is 3.49. The Labute approximate surface area is 96.5 Å². The van der Waals surface area contributed by atoms with Crippen LogP contribution in [0.1, 0.15) is 11.3 Å². The molecule has 0 N–H and O–H groups in total. The van der Waals surface area contributed by atoms with E-state index in [9.17, 15) is 0 Å². The molecule has 3 heterocycles. The highest BCUT2D eigenvalue weighted by Crippen LogP contribution is 2.35. The van der Waals surface area contributed by atoms with Crippen LogP contribution in [-0.4, -0.2) is 14.8 Å². The summed E-state index contributed by atoms with van der Waals surface area (Å²) in [4.78, 5) is 3.98. The molecular formula is C10H8ClN3S. The number of thioether (sulfide) groups is 1. The third kappa shape index (κ3) is 1.44. The molecule has 76 valence electrons. The summed E-state index contributed by atoms with van der Waals surface area (Å²) in [6.45, 7) is 0. The normalized spacial score (nSPS) is 14.2. The van der Waals surface area contributed by atoms with Crippen molar-refractivity contribution in [2.45, 2.75) is 11.5 Å². The van der Waals surface area contributed by atoms with E-state index in [1.165, 1.54) is 5.56 Å². The van der Waals surface area contributed by atoms with Gasteiger partial charge in [-0.15, -0.1) is 0 Å². The van der Waals surface area contributed by atoms with Crippen LogP contribution in [-0.2, 0) is 11.5 Å². The first kappa shape index (κ1) is 9.24. The third-order valence-corrected chi connectivity index (χ3v) is 3.76. The average molecular weight is 238 g/mol. The van der Waals surface area contributed by atoms with E-state index in [0.717, 1.165) is 28.0 Å². The van der Waals surface area contributed by atoms with Crippen LogP contribution in [0.5, 0.6) is 0 Å². The molecule has 5 heteroatoms. The van der Waals surface area contributed by atoms with Crippen molar-refractivity contribution in [1.29, 1.82) is 0 Å². The highest BCUT2D eigenvalue weighted by atomic mass is 35.5. The van der Waals surface area contributed by atoms with Crippen LogP contribution in [0.25, 0.3) is 5.69 Å². The van der Waals surface area contributed by atoms with Gasteiger partial charge in [-0.3, -0.25) is 4.98 Å². The number of hydrogen-bond acceptors (Lipinski definition) is 3. The molecule has 0 aliphatic carbocycles. The van der Waals surface area contributed by atoms with Crippen LogP contribution in [0.2, 0.25) is 5.15 Å². The number of hydrogen-bond donors (Lipinski definition) is 0. The maximum atomic E-state index is 6.27. The first-order valence-corrected chi connectivity index (χ1v) is 6.14. The second kappa shape index (κ2) is 3.54. The Morgan fingerprint density at radius 3 is 2.80 bits per heavy atom. The number of nitrogens with zero attached hydrogens (tertiary/aromatic N) is 3. The molecule has 2 aromatic heterocycles. The molecule has 3 nitrogen and oxygen atoms in total. The topological polar surface area (TPSA) is 30.7 Å². The first-order valence-electron chi connectivity index (χ1n) is 4.60. The fourth-order valence-corrected chi connectivity index (χ4v) is 3.06. The summed E-state index contributed by atoms with van der Waals surface area (Å²) in [5.41, 5.74) is 3.26. The lowest BCUT2D eigenvalue weighted by molar-refractivity contribution is 0.858. The molecule has 0 radical (unpaired) electrons. The van der Waals surface area contributed by atoms with Gasteiger partial charge in [-0.2, -0.15) is 16.9 Å². The molecule has 0 fully saturated rings. The SMILES string of the molecule is Clc1c2c(nn1-c1ccncc1)CSC2. The highest BCUT2D eigenvalue weighted by Gasteiger charge is 2.21. The molecule has 2 aromatic rings. The zero-order valence-electron chi connectivity index (χ0n) is 7.85. The maximum Gasteiger partial charge on any atom is 0.137 e. The standard InChI is InChI=1S/C10H8ClN3S/c11-10-8-5-15-6-9(8)13-14(10)7-1-3-12-4-2-7/h1-4H,5-6H2. The maximum absolute atomic E-state index is 6.27. The Kier molecular flexibility index (Phi) is 2.18. The van der Waals surface area contributed by atoms with Crippen molar-refractivity contribution < 1.29 is 0 Å². The summed E-state index contributed by atoms with van der Waals surface area (Å²) in [5.74, 6) is 1.94. The minimum Gasteiger partial charge on any atom is -0.265 e. The molecule has 1 aliphatic heterocycles. The number of fused-ring (bicyclic) bond motifs is 1. The van der Waals surface area contributed by atoms with Gasteiger partial charge >= 0.3 is 0 Å². The molecule has 0 bridgehead atoms. The van der Waals surface area contributed by atoms with E-state index in [0.29, 0.717) is 0 Å². The lowest BCUT2D eigenvalue weighted by atomic mass is 10.3. The summed E-state index contributed by atoms with van der Waals surface area (Å²) in [6, 6.07) is 3.81.